The fourth-order valence-electron chi connectivity index (χ4n) is 1.99. The Hall–Kier alpha value is -3.22. The number of benzene rings is 2. The van der Waals surface area contributed by atoms with E-state index in [-0.39, 0.29) is 0 Å². The first-order chi connectivity index (χ1) is 11.3. The van der Waals surface area contributed by atoms with Crippen molar-refractivity contribution in [2.24, 2.45) is 0 Å². The third-order valence-electron chi connectivity index (χ3n) is 3.04. The van der Waals surface area contributed by atoms with Crippen LogP contribution < -0.4 is 9.47 Å². The van der Waals surface area contributed by atoms with Crippen molar-refractivity contribution in [2.45, 2.75) is 6.92 Å². The van der Waals surface area contributed by atoms with Gasteiger partial charge in [-0.2, -0.15) is 0 Å². The number of nitrogens with zero attached hydrogens (tertiary/aromatic N) is 4. The molecule has 7 nitrogen and oxygen atoms in total. The van der Waals surface area contributed by atoms with Gasteiger partial charge >= 0.3 is 5.97 Å². The summed E-state index contributed by atoms with van der Waals surface area (Å²) in [6.45, 7) is 2.48. The number of ether oxygens (including phenoxy) is 2. The second-order valence-corrected chi connectivity index (χ2v) is 4.60. The van der Waals surface area contributed by atoms with Crippen LogP contribution >= 0.6 is 0 Å². The van der Waals surface area contributed by atoms with Crippen LogP contribution in [0.25, 0.3) is 5.69 Å². The molecule has 0 saturated heterocycles. The molecule has 0 saturated carbocycles. The maximum absolute atomic E-state index is 12.2. The van der Waals surface area contributed by atoms with E-state index in [1.54, 1.807) is 42.5 Å². The lowest BCUT2D eigenvalue weighted by atomic mass is 10.2. The normalized spacial score (nSPS) is 10.3. The van der Waals surface area contributed by atoms with Crippen LogP contribution in [0.4, 0.5) is 0 Å². The third kappa shape index (κ3) is 3.52. The molecule has 0 amide bonds. The van der Waals surface area contributed by atoms with Crippen molar-refractivity contribution >= 4 is 5.97 Å². The van der Waals surface area contributed by atoms with E-state index in [0.29, 0.717) is 29.4 Å². The molecular formula is C16H14N4O3. The lowest BCUT2D eigenvalue weighted by Crippen LogP contribution is -2.08. The Labute approximate surface area is 132 Å². The number of rotatable bonds is 5. The van der Waals surface area contributed by atoms with E-state index in [2.05, 4.69) is 15.5 Å². The molecule has 7 heteroatoms. The Balaban J connectivity index is 1.73. The zero-order valence-corrected chi connectivity index (χ0v) is 12.4. The highest BCUT2D eigenvalue weighted by molar-refractivity contribution is 5.91. The second kappa shape index (κ2) is 6.69. The molecule has 0 radical (unpaired) electrons. The average Bonchev–Trinajstić information content (AvgIpc) is 3.11. The summed E-state index contributed by atoms with van der Waals surface area (Å²) in [5.41, 5.74) is 1.15. The number of carbonyl (C=O) groups is 1. The van der Waals surface area contributed by atoms with Crippen molar-refractivity contribution < 1.29 is 14.3 Å². The molecule has 0 aliphatic rings. The van der Waals surface area contributed by atoms with Crippen LogP contribution in [0.15, 0.2) is 54.9 Å². The van der Waals surface area contributed by atoms with E-state index in [1.165, 1.54) is 11.0 Å². The fourth-order valence-corrected chi connectivity index (χ4v) is 1.99. The molecular weight excluding hydrogens is 296 g/mol. The van der Waals surface area contributed by atoms with E-state index in [9.17, 15) is 4.79 Å². The van der Waals surface area contributed by atoms with Gasteiger partial charge in [-0.15, -0.1) is 5.10 Å². The predicted octanol–water partition coefficient (Wildman–Crippen LogP) is 2.28. The highest BCUT2D eigenvalue weighted by Gasteiger charge is 2.10. The van der Waals surface area contributed by atoms with Crippen molar-refractivity contribution in [1.29, 1.82) is 0 Å². The van der Waals surface area contributed by atoms with Gasteiger partial charge in [-0.1, -0.05) is 6.07 Å². The van der Waals surface area contributed by atoms with E-state index in [1.807, 2.05) is 13.0 Å². The minimum Gasteiger partial charge on any atom is -0.494 e. The first-order valence-corrected chi connectivity index (χ1v) is 7.05. The molecule has 1 aromatic heterocycles. The predicted molar refractivity (Wildman–Crippen MR) is 81.7 cm³/mol. The van der Waals surface area contributed by atoms with Gasteiger partial charge in [0.15, 0.2) is 0 Å². The standard InChI is InChI=1S/C16H14N4O3/c1-2-22-14-8-6-12(7-9-14)16(21)23-15-5-3-4-13(10-15)20-11-17-18-19-20/h3-11H,2H2,1H3. The van der Waals surface area contributed by atoms with Gasteiger partial charge in [-0.25, -0.2) is 9.48 Å². The monoisotopic (exact) mass is 310 g/mol. The van der Waals surface area contributed by atoms with Crippen molar-refractivity contribution in [1.82, 2.24) is 20.2 Å². The largest absolute Gasteiger partial charge is 0.494 e. The summed E-state index contributed by atoms with van der Waals surface area (Å²) in [6.07, 6.45) is 1.47. The average molecular weight is 310 g/mol. The molecule has 3 aromatic rings. The van der Waals surface area contributed by atoms with Gasteiger partial charge in [0.1, 0.15) is 17.8 Å². The van der Waals surface area contributed by atoms with Gasteiger partial charge in [0.05, 0.1) is 17.9 Å². The van der Waals surface area contributed by atoms with Crippen molar-refractivity contribution in [3.8, 4) is 17.2 Å². The molecule has 3 rings (SSSR count). The van der Waals surface area contributed by atoms with Crippen molar-refractivity contribution in [3.63, 3.8) is 0 Å². The van der Waals surface area contributed by atoms with E-state index in [0.717, 1.165) is 0 Å². The van der Waals surface area contributed by atoms with Gasteiger partial charge < -0.3 is 9.47 Å². The zero-order chi connectivity index (χ0) is 16.1. The van der Waals surface area contributed by atoms with Gasteiger partial charge in [0, 0.05) is 6.07 Å². The molecule has 0 bridgehead atoms. The van der Waals surface area contributed by atoms with Crippen LogP contribution in [0.5, 0.6) is 11.5 Å². The summed E-state index contributed by atoms with van der Waals surface area (Å²) in [5.74, 6) is 0.684. The van der Waals surface area contributed by atoms with Gasteiger partial charge in [0.25, 0.3) is 0 Å². The number of carbonyl (C=O) groups excluding carboxylic acids is 1. The molecule has 0 atom stereocenters. The Morgan fingerprint density at radius 3 is 2.65 bits per heavy atom. The highest BCUT2D eigenvalue weighted by Crippen LogP contribution is 2.18. The summed E-state index contributed by atoms with van der Waals surface area (Å²) in [6, 6.07) is 13.7. The maximum Gasteiger partial charge on any atom is 0.343 e. The topological polar surface area (TPSA) is 79.1 Å². The van der Waals surface area contributed by atoms with E-state index in [4.69, 9.17) is 9.47 Å². The molecule has 0 aliphatic carbocycles. The molecule has 1 heterocycles. The summed E-state index contributed by atoms with van der Waals surface area (Å²) in [4.78, 5) is 12.2. The van der Waals surface area contributed by atoms with Crippen LogP contribution in [0.1, 0.15) is 17.3 Å². The molecule has 0 unspecified atom stereocenters. The first kappa shape index (κ1) is 14.7. The third-order valence-corrected chi connectivity index (χ3v) is 3.04. The Bertz CT molecular complexity index is 785. The van der Waals surface area contributed by atoms with Gasteiger partial charge in [-0.05, 0) is 53.7 Å². The first-order valence-electron chi connectivity index (χ1n) is 7.05. The minimum atomic E-state index is -0.443. The zero-order valence-electron chi connectivity index (χ0n) is 12.4. The Morgan fingerprint density at radius 1 is 1.13 bits per heavy atom. The minimum absolute atomic E-state index is 0.414. The molecule has 23 heavy (non-hydrogen) atoms. The molecule has 0 aliphatic heterocycles. The quantitative estimate of drug-likeness (QED) is 0.531. The Kier molecular flexibility index (Phi) is 4.28. The van der Waals surface area contributed by atoms with E-state index < -0.39 is 5.97 Å². The number of aromatic nitrogens is 4. The highest BCUT2D eigenvalue weighted by atomic mass is 16.5. The molecule has 0 spiro atoms. The summed E-state index contributed by atoms with van der Waals surface area (Å²) in [5, 5.41) is 10.9. The maximum atomic E-state index is 12.2. The van der Waals surface area contributed by atoms with Crippen LogP contribution in [-0.4, -0.2) is 32.8 Å². The summed E-state index contributed by atoms with van der Waals surface area (Å²) in [7, 11) is 0. The number of esters is 1. The van der Waals surface area contributed by atoms with Crippen molar-refractivity contribution in [2.75, 3.05) is 6.61 Å². The lowest BCUT2D eigenvalue weighted by molar-refractivity contribution is 0.0735. The van der Waals surface area contributed by atoms with Crippen molar-refractivity contribution in [3.05, 3.63) is 60.4 Å². The van der Waals surface area contributed by atoms with Crippen LogP contribution in [-0.2, 0) is 0 Å². The Morgan fingerprint density at radius 2 is 1.96 bits per heavy atom. The molecule has 0 fully saturated rings. The number of hydrogen-bond donors (Lipinski definition) is 0. The number of tetrazole rings is 1. The van der Waals surface area contributed by atoms with Crippen LogP contribution in [0.3, 0.4) is 0 Å². The lowest BCUT2D eigenvalue weighted by Gasteiger charge is -2.07. The molecule has 0 N–H and O–H groups in total. The van der Waals surface area contributed by atoms with Crippen LogP contribution in [0, 0.1) is 0 Å². The second-order valence-electron chi connectivity index (χ2n) is 4.60. The van der Waals surface area contributed by atoms with Gasteiger partial charge in [0.2, 0.25) is 0 Å². The SMILES string of the molecule is CCOc1ccc(C(=O)Oc2cccc(-n3cnnn3)c2)cc1. The summed E-state index contributed by atoms with van der Waals surface area (Å²) < 4.78 is 12.2. The smallest absolute Gasteiger partial charge is 0.343 e. The summed E-state index contributed by atoms with van der Waals surface area (Å²) >= 11 is 0. The molecule has 2 aromatic carbocycles. The number of hydrogen-bond acceptors (Lipinski definition) is 6. The fraction of sp³-hybridized carbons (Fsp3) is 0.125. The van der Waals surface area contributed by atoms with Crippen LogP contribution in [0.2, 0.25) is 0 Å². The van der Waals surface area contributed by atoms with Gasteiger partial charge in [-0.3, -0.25) is 0 Å². The molecule has 116 valence electrons. The van der Waals surface area contributed by atoms with E-state index >= 15 is 0 Å².